The monoisotopic (exact) mass is 474 g/mol. The highest BCUT2D eigenvalue weighted by atomic mass is 35.5. The molecule has 1 amide bonds. The fourth-order valence-electron chi connectivity index (χ4n) is 2.86. The molecule has 0 saturated carbocycles. The number of amides is 1. The van der Waals surface area contributed by atoms with Crippen LogP contribution in [-0.4, -0.2) is 28.5 Å². The van der Waals surface area contributed by atoms with Crippen LogP contribution in [0.15, 0.2) is 71.6 Å². The Balaban J connectivity index is 1.62. The first kappa shape index (κ1) is 23.6. The van der Waals surface area contributed by atoms with Gasteiger partial charge in [-0.2, -0.15) is 0 Å². The number of methoxy groups -OCH3 is 1. The number of rotatable bonds is 9. The van der Waals surface area contributed by atoms with E-state index in [9.17, 15) is 13.2 Å². The molecule has 7 nitrogen and oxygen atoms in total. The largest absolute Gasteiger partial charge is 0.493 e. The standard InChI is InChI=1S/C23H23ClN2O5S/c1-25-32(28,29)20-10-5-16(6-11-20)14-26-23(27)18-7-12-21(22(13-18)30-2)31-15-17-3-8-19(24)9-4-17/h3-13,25H,14-15H2,1-2H3,(H,26,27). The second-order valence-corrected chi connectivity index (χ2v) is 9.14. The van der Waals surface area contributed by atoms with Crippen molar-refractivity contribution in [3.8, 4) is 11.5 Å². The highest BCUT2D eigenvalue weighted by Crippen LogP contribution is 2.29. The predicted octanol–water partition coefficient (Wildman–Crippen LogP) is 3.77. The van der Waals surface area contributed by atoms with Gasteiger partial charge in [0.05, 0.1) is 12.0 Å². The fourth-order valence-corrected chi connectivity index (χ4v) is 3.71. The zero-order valence-corrected chi connectivity index (χ0v) is 19.2. The van der Waals surface area contributed by atoms with Crippen molar-refractivity contribution >= 4 is 27.5 Å². The molecule has 3 rings (SSSR count). The number of nitrogens with one attached hydrogen (secondary N) is 2. The smallest absolute Gasteiger partial charge is 0.251 e. The Morgan fingerprint density at radius 1 is 0.938 bits per heavy atom. The molecule has 0 aliphatic rings. The summed E-state index contributed by atoms with van der Waals surface area (Å²) in [6.45, 7) is 0.578. The summed E-state index contributed by atoms with van der Waals surface area (Å²) in [6.07, 6.45) is 0. The number of carbonyl (C=O) groups excluding carboxylic acids is 1. The number of hydrogen-bond donors (Lipinski definition) is 2. The number of hydrogen-bond acceptors (Lipinski definition) is 5. The first-order valence-electron chi connectivity index (χ1n) is 9.68. The molecule has 0 bridgehead atoms. The van der Waals surface area contributed by atoms with E-state index >= 15 is 0 Å². The van der Waals surface area contributed by atoms with Crippen molar-refractivity contribution in [2.24, 2.45) is 0 Å². The Hall–Kier alpha value is -3.07. The van der Waals surface area contributed by atoms with Crippen LogP contribution in [0.1, 0.15) is 21.5 Å². The molecule has 0 heterocycles. The average Bonchev–Trinajstić information content (AvgIpc) is 2.82. The summed E-state index contributed by atoms with van der Waals surface area (Å²) in [7, 11) is -0.635. The molecule has 0 aromatic heterocycles. The van der Waals surface area contributed by atoms with E-state index in [-0.39, 0.29) is 17.3 Å². The number of carbonyl (C=O) groups is 1. The van der Waals surface area contributed by atoms with Gasteiger partial charge in [0, 0.05) is 17.1 Å². The molecule has 9 heteroatoms. The van der Waals surface area contributed by atoms with Crippen LogP contribution >= 0.6 is 11.6 Å². The van der Waals surface area contributed by atoms with Gasteiger partial charge in [-0.1, -0.05) is 35.9 Å². The number of benzene rings is 3. The van der Waals surface area contributed by atoms with Gasteiger partial charge >= 0.3 is 0 Å². The summed E-state index contributed by atoms with van der Waals surface area (Å²) in [4.78, 5) is 12.7. The molecule has 0 unspecified atom stereocenters. The molecule has 0 radical (unpaired) electrons. The summed E-state index contributed by atoms with van der Waals surface area (Å²) in [5, 5.41) is 3.46. The van der Waals surface area contributed by atoms with Crippen LogP contribution in [0.4, 0.5) is 0 Å². The summed E-state index contributed by atoms with van der Waals surface area (Å²) >= 11 is 5.89. The highest BCUT2D eigenvalue weighted by Gasteiger charge is 2.13. The van der Waals surface area contributed by atoms with Crippen molar-refractivity contribution in [3.05, 3.63) is 88.4 Å². The van der Waals surface area contributed by atoms with Gasteiger partial charge in [-0.15, -0.1) is 0 Å². The van der Waals surface area contributed by atoms with Gasteiger partial charge in [-0.3, -0.25) is 4.79 Å². The Bertz CT molecular complexity index is 1180. The lowest BCUT2D eigenvalue weighted by Gasteiger charge is -2.13. The summed E-state index contributed by atoms with van der Waals surface area (Å²) < 4.78 is 37.0. The molecule has 2 N–H and O–H groups in total. The van der Waals surface area contributed by atoms with Gasteiger partial charge in [0.25, 0.3) is 5.91 Å². The van der Waals surface area contributed by atoms with Crippen molar-refractivity contribution in [2.75, 3.05) is 14.2 Å². The van der Waals surface area contributed by atoms with E-state index in [1.54, 1.807) is 42.5 Å². The Morgan fingerprint density at radius 3 is 2.22 bits per heavy atom. The van der Waals surface area contributed by atoms with Gasteiger partial charge in [-0.05, 0) is 60.6 Å². The molecular formula is C23H23ClN2O5S. The van der Waals surface area contributed by atoms with Crippen LogP contribution in [-0.2, 0) is 23.2 Å². The molecule has 0 saturated heterocycles. The van der Waals surface area contributed by atoms with E-state index in [2.05, 4.69) is 10.0 Å². The molecule has 3 aromatic carbocycles. The summed E-state index contributed by atoms with van der Waals surface area (Å²) in [6, 6.07) is 18.5. The van der Waals surface area contributed by atoms with E-state index in [1.807, 2.05) is 12.1 Å². The van der Waals surface area contributed by atoms with Gasteiger partial charge in [0.1, 0.15) is 6.61 Å². The summed E-state index contributed by atoms with van der Waals surface area (Å²) in [5.74, 6) is 0.660. The average molecular weight is 475 g/mol. The van der Waals surface area contributed by atoms with E-state index in [1.165, 1.54) is 26.3 Å². The molecule has 3 aromatic rings. The van der Waals surface area contributed by atoms with E-state index in [0.717, 1.165) is 11.1 Å². The number of ether oxygens (including phenoxy) is 2. The lowest BCUT2D eigenvalue weighted by atomic mass is 10.1. The quantitative estimate of drug-likeness (QED) is 0.492. The first-order chi connectivity index (χ1) is 15.3. The normalized spacial score (nSPS) is 11.1. The van der Waals surface area contributed by atoms with E-state index in [4.69, 9.17) is 21.1 Å². The second-order valence-electron chi connectivity index (χ2n) is 6.81. The molecule has 0 atom stereocenters. The molecule has 168 valence electrons. The Labute approximate surface area is 192 Å². The van der Waals surface area contributed by atoms with Crippen LogP contribution in [0.5, 0.6) is 11.5 Å². The maximum absolute atomic E-state index is 12.6. The van der Waals surface area contributed by atoms with Crippen molar-refractivity contribution in [1.29, 1.82) is 0 Å². The zero-order chi connectivity index (χ0) is 23.1. The molecule has 0 spiro atoms. The fraction of sp³-hybridized carbons (Fsp3) is 0.174. The van der Waals surface area contributed by atoms with Crippen LogP contribution in [0, 0.1) is 0 Å². The van der Waals surface area contributed by atoms with Crippen molar-refractivity contribution in [2.45, 2.75) is 18.0 Å². The van der Waals surface area contributed by atoms with E-state index < -0.39 is 10.0 Å². The van der Waals surface area contributed by atoms with Crippen LogP contribution < -0.4 is 19.5 Å². The Kier molecular flexibility index (Phi) is 7.74. The minimum absolute atomic E-state index is 0.161. The van der Waals surface area contributed by atoms with Crippen molar-refractivity contribution < 1.29 is 22.7 Å². The number of halogens is 1. The minimum Gasteiger partial charge on any atom is -0.493 e. The third-order valence-electron chi connectivity index (χ3n) is 4.69. The van der Waals surface area contributed by atoms with Crippen LogP contribution in [0.2, 0.25) is 5.02 Å². The molecule has 0 fully saturated rings. The lowest BCUT2D eigenvalue weighted by Crippen LogP contribution is -2.23. The van der Waals surface area contributed by atoms with Gasteiger partial charge in [0.15, 0.2) is 11.5 Å². The third kappa shape index (κ3) is 6.00. The topological polar surface area (TPSA) is 93.7 Å². The lowest BCUT2D eigenvalue weighted by molar-refractivity contribution is 0.0950. The van der Waals surface area contributed by atoms with Crippen LogP contribution in [0.25, 0.3) is 0 Å². The molecular weight excluding hydrogens is 452 g/mol. The van der Waals surface area contributed by atoms with E-state index in [0.29, 0.717) is 28.7 Å². The van der Waals surface area contributed by atoms with Crippen molar-refractivity contribution in [3.63, 3.8) is 0 Å². The second kappa shape index (κ2) is 10.5. The first-order valence-corrected chi connectivity index (χ1v) is 11.5. The Morgan fingerprint density at radius 2 is 1.59 bits per heavy atom. The van der Waals surface area contributed by atoms with Crippen LogP contribution in [0.3, 0.4) is 0 Å². The molecule has 0 aliphatic carbocycles. The van der Waals surface area contributed by atoms with Gasteiger partial charge in [-0.25, -0.2) is 13.1 Å². The minimum atomic E-state index is -3.49. The zero-order valence-electron chi connectivity index (χ0n) is 17.6. The number of sulfonamides is 1. The maximum atomic E-state index is 12.6. The van der Waals surface area contributed by atoms with Gasteiger partial charge < -0.3 is 14.8 Å². The highest BCUT2D eigenvalue weighted by molar-refractivity contribution is 7.89. The predicted molar refractivity (Wildman–Crippen MR) is 123 cm³/mol. The summed E-state index contributed by atoms with van der Waals surface area (Å²) in [5.41, 5.74) is 2.13. The van der Waals surface area contributed by atoms with Crippen molar-refractivity contribution in [1.82, 2.24) is 10.0 Å². The third-order valence-corrected chi connectivity index (χ3v) is 6.37. The SMILES string of the molecule is CNS(=O)(=O)c1ccc(CNC(=O)c2ccc(OCc3ccc(Cl)cc3)c(OC)c2)cc1. The molecule has 0 aliphatic heterocycles. The maximum Gasteiger partial charge on any atom is 0.251 e. The molecule has 32 heavy (non-hydrogen) atoms. The van der Waals surface area contributed by atoms with Gasteiger partial charge in [0.2, 0.25) is 10.0 Å².